The third-order valence-electron chi connectivity index (χ3n) is 6.98. The van der Waals surface area contributed by atoms with Gasteiger partial charge in [0.1, 0.15) is 16.7 Å². The number of fused-ring (bicyclic) bond motifs is 1. The summed E-state index contributed by atoms with van der Waals surface area (Å²) in [5, 5.41) is 13.5. The molecule has 3 N–H and O–H groups in total. The zero-order valence-electron chi connectivity index (χ0n) is 24.6. The summed E-state index contributed by atoms with van der Waals surface area (Å²) in [5.74, 6) is -0.874. The van der Waals surface area contributed by atoms with Crippen molar-refractivity contribution in [3.05, 3.63) is 78.1 Å². The van der Waals surface area contributed by atoms with Gasteiger partial charge in [-0.15, -0.1) is 13.2 Å². The lowest BCUT2D eigenvalue weighted by molar-refractivity contribution is -0.275. The number of nitrogens with one attached hydrogen (secondary N) is 2. The number of alkyl halides is 3. The third-order valence-corrected chi connectivity index (χ3v) is 8.35. The van der Waals surface area contributed by atoms with Gasteiger partial charge in [0.05, 0.1) is 26.4 Å². The van der Waals surface area contributed by atoms with Crippen LogP contribution in [0.2, 0.25) is 0 Å². The Bertz CT molecular complexity index is 1760. The molecule has 0 saturated carbocycles. The Balaban J connectivity index is 1.32. The summed E-state index contributed by atoms with van der Waals surface area (Å²) in [6, 6.07) is 13.4. The van der Waals surface area contributed by atoms with Crippen LogP contribution < -0.4 is 29.0 Å². The molecular formula is C30H30F3N5O7S. The number of hydrogen-bond donors (Lipinski definition) is 3. The van der Waals surface area contributed by atoms with Crippen LogP contribution in [0.25, 0.3) is 11.1 Å². The van der Waals surface area contributed by atoms with Gasteiger partial charge in [0.2, 0.25) is 17.7 Å². The van der Waals surface area contributed by atoms with Crippen molar-refractivity contribution >= 4 is 16.0 Å². The Labute approximate surface area is 262 Å². The van der Waals surface area contributed by atoms with E-state index in [1.807, 2.05) is 4.72 Å². The molecule has 0 fully saturated rings. The van der Waals surface area contributed by atoms with Crippen LogP contribution in [0.3, 0.4) is 0 Å². The number of halogens is 3. The van der Waals surface area contributed by atoms with Gasteiger partial charge in [-0.3, -0.25) is 4.98 Å². The number of rotatable bonds is 12. The first-order valence-corrected chi connectivity index (χ1v) is 15.4. The lowest BCUT2D eigenvalue weighted by Gasteiger charge is -2.27. The Kier molecular flexibility index (Phi) is 9.79. The lowest BCUT2D eigenvalue weighted by Crippen LogP contribution is -2.36. The summed E-state index contributed by atoms with van der Waals surface area (Å²) in [6.07, 6.45) is -1.52. The normalized spacial score (nSPS) is 15.3. The van der Waals surface area contributed by atoms with E-state index < -0.39 is 39.1 Å². The van der Waals surface area contributed by atoms with Crippen LogP contribution in [-0.2, 0) is 16.4 Å². The van der Waals surface area contributed by atoms with Crippen LogP contribution in [0.4, 0.5) is 19.1 Å². The molecule has 5 rings (SSSR count). The Morgan fingerprint density at radius 1 is 1.04 bits per heavy atom. The van der Waals surface area contributed by atoms with E-state index in [9.17, 15) is 26.7 Å². The average Bonchev–Trinajstić information content (AvgIpc) is 3.03. The number of pyridine rings is 1. The smallest absolute Gasteiger partial charge is 0.489 e. The fourth-order valence-corrected chi connectivity index (χ4v) is 5.84. The Hall–Kier alpha value is -4.67. The summed E-state index contributed by atoms with van der Waals surface area (Å²) in [6.45, 7) is 0.815. The zero-order valence-corrected chi connectivity index (χ0v) is 25.4. The maximum absolute atomic E-state index is 13.4. The molecule has 12 nitrogen and oxygen atoms in total. The summed E-state index contributed by atoms with van der Waals surface area (Å²) in [4.78, 5) is 11.0. The van der Waals surface area contributed by atoms with E-state index in [1.54, 1.807) is 42.7 Å². The summed E-state index contributed by atoms with van der Waals surface area (Å²) in [7, 11) is -2.10. The van der Waals surface area contributed by atoms with Crippen molar-refractivity contribution in [1.82, 2.24) is 20.3 Å². The lowest BCUT2D eigenvalue weighted by atomic mass is 9.97. The highest BCUT2D eigenvalue weighted by Crippen LogP contribution is 2.37. The molecule has 244 valence electrons. The highest BCUT2D eigenvalue weighted by molar-refractivity contribution is 7.92. The number of ether oxygens (including phenoxy) is 4. The van der Waals surface area contributed by atoms with Crippen molar-refractivity contribution in [3.63, 3.8) is 0 Å². The SMILES string of the molecule is COc1cc(OC)nc(NS(=O)(=O)c2ccc(-c3ccc4c(c3)CC[C@H](CNC[C@H](O)c3cccnc3)O4)cc2OC(F)(F)F)n1. The highest BCUT2D eigenvalue weighted by Gasteiger charge is 2.35. The summed E-state index contributed by atoms with van der Waals surface area (Å²) >= 11 is 0. The molecule has 0 radical (unpaired) electrons. The molecule has 2 aromatic heterocycles. The minimum atomic E-state index is -5.18. The number of anilines is 1. The van der Waals surface area contributed by atoms with Gasteiger partial charge in [0.25, 0.3) is 10.0 Å². The summed E-state index contributed by atoms with van der Waals surface area (Å²) < 4.78 is 89.0. The first-order chi connectivity index (χ1) is 21.9. The molecule has 0 spiro atoms. The highest BCUT2D eigenvalue weighted by atomic mass is 32.2. The molecule has 46 heavy (non-hydrogen) atoms. The topological polar surface area (TPSA) is 154 Å². The number of aromatic nitrogens is 3. The fraction of sp³-hybridized carbons (Fsp3) is 0.300. The fourth-order valence-electron chi connectivity index (χ4n) is 4.79. The number of methoxy groups -OCH3 is 2. The molecule has 0 saturated heterocycles. The first-order valence-electron chi connectivity index (χ1n) is 13.9. The van der Waals surface area contributed by atoms with Crippen LogP contribution in [0.5, 0.6) is 23.3 Å². The number of sulfonamides is 1. The number of nitrogens with zero attached hydrogens (tertiary/aromatic N) is 3. The first kappa shape index (κ1) is 32.7. The molecule has 1 aliphatic heterocycles. The van der Waals surface area contributed by atoms with E-state index >= 15 is 0 Å². The second kappa shape index (κ2) is 13.8. The predicted octanol–water partition coefficient (Wildman–Crippen LogP) is 4.27. The van der Waals surface area contributed by atoms with E-state index in [0.717, 1.165) is 17.7 Å². The molecule has 0 amide bonds. The second-order valence-electron chi connectivity index (χ2n) is 10.2. The van der Waals surface area contributed by atoms with Crippen molar-refractivity contribution in [3.8, 4) is 34.4 Å². The van der Waals surface area contributed by atoms with Crippen molar-refractivity contribution in [2.45, 2.75) is 36.3 Å². The number of hydrogen-bond acceptors (Lipinski definition) is 11. The van der Waals surface area contributed by atoms with Gasteiger partial charge in [-0.05, 0) is 59.9 Å². The molecule has 0 unspecified atom stereocenters. The molecule has 0 aliphatic carbocycles. The van der Waals surface area contributed by atoms with Gasteiger partial charge < -0.3 is 29.4 Å². The van der Waals surface area contributed by atoms with Crippen LogP contribution in [-0.4, -0.2) is 68.3 Å². The molecule has 2 aromatic carbocycles. The van der Waals surface area contributed by atoms with Crippen molar-refractivity contribution in [1.29, 1.82) is 0 Å². The van der Waals surface area contributed by atoms with Gasteiger partial charge in [-0.1, -0.05) is 18.2 Å². The Morgan fingerprint density at radius 3 is 2.43 bits per heavy atom. The Morgan fingerprint density at radius 2 is 1.76 bits per heavy atom. The molecule has 4 aromatic rings. The van der Waals surface area contributed by atoms with Crippen LogP contribution in [0.1, 0.15) is 23.7 Å². The predicted molar refractivity (Wildman–Crippen MR) is 159 cm³/mol. The van der Waals surface area contributed by atoms with Gasteiger partial charge >= 0.3 is 6.36 Å². The maximum atomic E-state index is 13.4. The standard InChI is InChI=1S/C30H30F3N5O7S/c1-42-27-14-28(43-2)37-29(36-27)38-46(40,41)26-10-7-19(13-25(26)45-30(31,32)33)18-6-9-24-20(12-18)5-8-22(44-24)16-35-17-23(39)21-4-3-11-34-15-21/h3-4,6-7,9-15,22-23,35,39H,5,8,16-17H2,1-2H3,(H,36,37,38)/t22-,23+/m1/s1. The van der Waals surface area contributed by atoms with Gasteiger partial charge in [0, 0.05) is 31.0 Å². The van der Waals surface area contributed by atoms with E-state index in [-0.39, 0.29) is 23.4 Å². The second-order valence-corrected chi connectivity index (χ2v) is 11.8. The number of aryl methyl sites for hydroxylation is 1. The molecular weight excluding hydrogens is 631 g/mol. The van der Waals surface area contributed by atoms with E-state index in [4.69, 9.17) is 14.2 Å². The average molecular weight is 662 g/mol. The van der Waals surface area contributed by atoms with Crippen molar-refractivity contribution in [2.75, 3.05) is 32.0 Å². The van der Waals surface area contributed by atoms with Crippen LogP contribution in [0, 0.1) is 0 Å². The van der Waals surface area contributed by atoms with E-state index in [2.05, 4.69) is 25.0 Å². The van der Waals surface area contributed by atoms with E-state index in [0.29, 0.717) is 42.8 Å². The number of aliphatic hydroxyl groups is 1. The van der Waals surface area contributed by atoms with Crippen molar-refractivity contribution < 1.29 is 45.6 Å². The number of benzene rings is 2. The molecule has 2 atom stereocenters. The monoisotopic (exact) mass is 661 g/mol. The molecule has 3 heterocycles. The van der Waals surface area contributed by atoms with Gasteiger partial charge in [-0.2, -0.15) is 9.97 Å². The van der Waals surface area contributed by atoms with Crippen molar-refractivity contribution in [2.24, 2.45) is 0 Å². The minimum Gasteiger partial charge on any atom is -0.489 e. The quantitative estimate of drug-likeness (QED) is 0.199. The molecule has 16 heteroatoms. The molecule has 0 bridgehead atoms. The summed E-state index contributed by atoms with van der Waals surface area (Å²) in [5.41, 5.74) is 2.36. The van der Waals surface area contributed by atoms with E-state index in [1.165, 1.54) is 26.4 Å². The van der Waals surface area contributed by atoms with Crippen LogP contribution in [0.15, 0.2) is 71.9 Å². The molecule has 1 aliphatic rings. The minimum absolute atomic E-state index is 0.0368. The van der Waals surface area contributed by atoms with Gasteiger partial charge in [-0.25, -0.2) is 13.1 Å². The largest absolute Gasteiger partial charge is 0.573 e. The van der Waals surface area contributed by atoms with Gasteiger partial charge in [0.15, 0.2) is 5.75 Å². The number of aliphatic hydroxyl groups excluding tert-OH is 1. The third kappa shape index (κ3) is 8.13. The maximum Gasteiger partial charge on any atom is 0.573 e. The zero-order chi connectivity index (χ0) is 32.9. The van der Waals surface area contributed by atoms with Crippen LogP contribution >= 0.6 is 0 Å².